The monoisotopic (exact) mass is 940 g/mol. The average Bonchev–Trinajstić information content (AvgIpc) is 4.01. The first kappa shape index (κ1) is 59.0. The Kier molecular flexibility index (Phi) is 36.1. The van der Waals surface area contributed by atoms with Gasteiger partial charge in [0.2, 0.25) is 0 Å². The van der Waals surface area contributed by atoms with Crippen LogP contribution in [0.15, 0.2) is 97.2 Å². The van der Waals surface area contributed by atoms with Gasteiger partial charge in [0.25, 0.3) is 0 Å². The number of aliphatic hydroxyl groups excluding tert-OH is 1. The van der Waals surface area contributed by atoms with Gasteiger partial charge in [0, 0.05) is 12.8 Å². The minimum absolute atomic E-state index is 0.0294. The van der Waals surface area contributed by atoms with Crippen molar-refractivity contribution in [1.29, 1.82) is 0 Å². The quantitative estimate of drug-likeness (QED) is 0.0148. The molecule has 14 nitrogen and oxygen atoms in total. The maximum absolute atomic E-state index is 12.8. The molecule has 0 radical (unpaired) electrons. The van der Waals surface area contributed by atoms with Crippen LogP contribution in [-0.4, -0.2) is 82.6 Å². The summed E-state index contributed by atoms with van der Waals surface area (Å²) in [5.41, 5.74) is 0. The average molecular weight is 941 g/mol. The maximum atomic E-state index is 12.8. The third-order valence-electron chi connectivity index (χ3n) is 9.37. The lowest BCUT2D eigenvalue weighted by molar-refractivity contribution is -0.161. The standard InChI is InChI=1S/C48H78O14P2/c1-3-5-7-9-11-13-15-17-18-19-20-21-22-23-25-27-29-31-33-37-47(50)57-41-44(42-60-64(55,56)59-40-43(49)39-58-63(52,53)54)61-48(51)38-34-36-46-45(62-46)35-32-30-28-26-24-16-14-12-10-8-6-4-2/h5,7,11-14,17-18,20-21,23-26,30,32,43-46,49H,3-4,6,8-10,15-16,19,22,27-29,31,33-42H2,1-2H3,(H,55,56)(H2,52,53,54)/b7-5-,13-11-,14-12-,18-17-,21-20-,25-23-,26-24-,32-30-/t43-,44+,45?,46?/m0/s1. The Bertz CT molecular complexity index is 1560. The van der Waals surface area contributed by atoms with Gasteiger partial charge in [-0.15, -0.1) is 0 Å². The van der Waals surface area contributed by atoms with Crippen LogP contribution in [0.2, 0.25) is 0 Å². The van der Waals surface area contributed by atoms with E-state index in [0.29, 0.717) is 19.3 Å². The van der Waals surface area contributed by atoms with Crippen LogP contribution < -0.4 is 0 Å². The molecule has 4 N–H and O–H groups in total. The minimum atomic E-state index is -4.88. The van der Waals surface area contributed by atoms with Crippen molar-refractivity contribution >= 4 is 27.6 Å². The summed E-state index contributed by atoms with van der Waals surface area (Å²) in [5, 5.41) is 9.77. The summed E-state index contributed by atoms with van der Waals surface area (Å²) in [7, 11) is -9.73. The molecule has 0 amide bonds. The molecule has 0 aliphatic carbocycles. The number of hydrogen-bond donors (Lipinski definition) is 4. The Morgan fingerprint density at radius 3 is 1.62 bits per heavy atom. The summed E-state index contributed by atoms with van der Waals surface area (Å²) in [4.78, 5) is 52.9. The Balaban J connectivity index is 2.43. The number of epoxide rings is 1. The molecule has 0 aromatic rings. The summed E-state index contributed by atoms with van der Waals surface area (Å²) >= 11 is 0. The van der Waals surface area contributed by atoms with E-state index in [2.05, 4.69) is 120 Å². The Morgan fingerprint density at radius 2 is 1.06 bits per heavy atom. The minimum Gasteiger partial charge on any atom is -0.462 e. The normalized spacial score (nSPS) is 18.0. The van der Waals surface area contributed by atoms with E-state index >= 15 is 0 Å². The molecule has 0 spiro atoms. The van der Waals surface area contributed by atoms with Crippen LogP contribution >= 0.6 is 15.6 Å². The number of phosphoric acid groups is 2. The fourth-order valence-corrected chi connectivity index (χ4v) is 6.97. The number of esters is 2. The first-order valence-corrected chi connectivity index (χ1v) is 26.1. The highest BCUT2D eigenvalue weighted by Crippen LogP contribution is 2.44. The Morgan fingerprint density at radius 1 is 0.562 bits per heavy atom. The van der Waals surface area contributed by atoms with Crippen LogP contribution in [-0.2, 0) is 46.5 Å². The molecular formula is C48H78O14P2. The Labute approximate surface area is 383 Å². The molecule has 16 heteroatoms. The van der Waals surface area contributed by atoms with Gasteiger partial charge in [-0.3, -0.25) is 23.2 Å². The van der Waals surface area contributed by atoms with E-state index in [1.807, 2.05) is 0 Å². The molecule has 0 aromatic carbocycles. The van der Waals surface area contributed by atoms with E-state index in [4.69, 9.17) is 28.5 Å². The second-order valence-corrected chi connectivity index (χ2v) is 18.0. The van der Waals surface area contributed by atoms with Crippen molar-refractivity contribution < 1.29 is 66.3 Å². The number of aliphatic hydroxyl groups is 1. The third kappa shape index (κ3) is 39.4. The van der Waals surface area contributed by atoms with Gasteiger partial charge in [0.15, 0.2) is 6.10 Å². The summed E-state index contributed by atoms with van der Waals surface area (Å²) in [6.07, 6.45) is 48.4. The molecule has 3 unspecified atom stereocenters. The van der Waals surface area contributed by atoms with E-state index in [0.717, 1.165) is 77.0 Å². The number of phosphoric ester groups is 2. The van der Waals surface area contributed by atoms with Crippen LogP contribution in [0.3, 0.4) is 0 Å². The highest BCUT2D eigenvalue weighted by Gasteiger charge is 2.37. The molecule has 64 heavy (non-hydrogen) atoms. The van der Waals surface area contributed by atoms with Crippen molar-refractivity contribution in [3.63, 3.8) is 0 Å². The molecule has 1 aliphatic rings. The molecule has 1 saturated heterocycles. The van der Waals surface area contributed by atoms with Crippen molar-refractivity contribution in [2.45, 2.75) is 167 Å². The van der Waals surface area contributed by atoms with Crippen LogP contribution in [0, 0.1) is 0 Å². The molecule has 5 atom stereocenters. The fourth-order valence-electron chi connectivity index (χ4n) is 5.81. The number of unbranched alkanes of at least 4 members (excludes halogenated alkanes) is 6. The number of ether oxygens (including phenoxy) is 3. The smallest absolute Gasteiger partial charge is 0.462 e. The third-order valence-corrected chi connectivity index (χ3v) is 10.8. The van der Waals surface area contributed by atoms with Gasteiger partial charge in [-0.25, -0.2) is 9.13 Å². The first-order chi connectivity index (χ1) is 30.8. The van der Waals surface area contributed by atoms with Crippen LogP contribution in [0.25, 0.3) is 0 Å². The topological polar surface area (TPSA) is 208 Å². The molecule has 0 aromatic heterocycles. The number of allylic oxidation sites excluding steroid dienone is 15. The molecule has 0 saturated carbocycles. The van der Waals surface area contributed by atoms with E-state index in [9.17, 15) is 28.7 Å². The Hall–Kier alpha value is -3.00. The largest absolute Gasteiger partial charge is 0.472 e. The van der Waals surface area contributed by atoms with Gasteiger partial charge in [0.05, 0.1) is 32.0 Å². The first-order valence-electron chi connectivity index (χ1n) is 23.1. The molecule has 1 fully saturated rings. The van der Waals surface area contributed by atoms with Gasteiger partial charge in [-0.05, 0) is 96.3 Å². The van der Waals surface area contributed by atoms with Crippen molar-refractivity contribution in [2.75, 3.05) is 26.4 Å². The van der Waals surface area contributed by atoms with Gasteiger partial charge in [-0.1, -0.05) is 130 Å². The molecule has 0 bridgehead atoms. The SMILES string of the molecule is CC/C=C\C/C=C\C/C=C\C/C=C\C/C=C\CCCCCC(=O)OC[C@H](COP(=O)(O)OC[C@@H](O)COP(=O)(O)O)OC(=O)CCCC1OC1C/C=C\C/C=C\C/C=C\CCCCC. The zero-order valence-electron chi connectivity index (χ0n) is 38.3. The van der Waals surface area contributed by atoms with Crippen LogP contribution in [0.5, 0.6) is 0 Å². The van der Waals surface area contributed by atoms with Crippen molar-refractivity contribution in [1.82, 2.24) is 0 Å². The summed E-state index contributed by atoms with van der Waals surface area (Å²) in [5.74, 6) is -1.15. The lowest BCUT2D eigenvalue weighted by Crippen LogP contribution is -2.30. The zero-order valence-corrected chi connectivity index (χ0v) is 40.1. The lowest BCUT2D eigenvalue weighted by atomic mass is 10.1. The van der Waals surface area contributed by atoms with Gasteiger partial charge < -0.3 is 34.0 Å². The fraction of sp³-hybridized carbons (Fsp3) is 0.625. The summed E-state index contributed by atoms with van der Waals surface area (Å²) in [6.45, 7) is 1.48. The second kappa shape index (κ2) is 39.2. The highest BCUT2D eigenvalue weighted by atomic mass is 31.2. The van der Waals surface area contributed by atoms with Gasteiger partial charge >= 0.3 is 27.6 Å². The van der Waals surface area contributed by atoms with Gasteiger partial charge in [0.1, 0.15) is 12.7 Å². The second-order valence-electron chi connectivity index (χ2n) is 15.3. The molecule has 1 rings (SSSR count). The van der Waals surface area contributed by atoms with E-state index in [1.165, 1.54) is 19.3 Å². The van der Waals surface area contributed by atoms with Crippen molar-refractivity contribution in [3.8, 4) is 0 Å². The zero-order chi connectivity index (χ0) is 47.0. The number of rotatable bonds is 41. The van der Waals surface area contributed by atoms with E-state index < -0.39 is 66.2 Å². The van der Waals surface area contributed by atoms with Gasteiger partial charge in [-0.2, -0.15) is 0 Å². The predicted octanol–water partition coefficient (Wildman–Crippen LogP) is 11.1. The number of carbonyl (C=O) groups is 2. The molecular weight excluding hydrogens is 862 g/mol. The summed E-state index contributed by atoms with van der Waals surface area (Å²) < 4.78 is 53.6. The maximum Gasteiger partial charge on any atom is 0.472 e. The molecule has 1 aliphatic heterocycles. The van der Waals surface area contributed by atoms with Crippen molar-refractivity contribution in [2.24, 2.45) is 0 Å². The molecule has 364 valence electrons. The van der Waals surface area contributed by atoms with E-state index in [-0.39, 0.29) is 25.0 Å². The van der Waals surface area contributed by atoms with Crippen LogP contribution in [0.4, 0.5) is 0 Å². The highest BCUT2D eigenvalue weighted by molar-refractivity contribution is 7.47. The lowest BCUT2D eigenvalue weighted by Gasteiger charge is -2.20. The predicted molar refractivity (Wildman–Crippen MR) is 252 cm³/mol. The van der Waals surface area contributed by atoms with Crippen molar-refractivity contribution in [3.05, 3.63) is 97.2 Å². The number of carbonyl (C=O) groups excluding carboxylic acids is 2. The van der Waals surface area contributed by atoms with E-state index in [1.54, 1.807) is 0 Å². The summed E-state index contributed by atoms with van der Waals surface area (Å²) in [6, 6.07) is 0. The molecule has 1 heterocycles. The van der Waals surface area contributed by atoms with Crippen LogP contribution in [0.1, 0.15) is 142 Å². The number of hydrogen-bond acceptors (Lipinski definition) is 11.